The van der Waals surface area contributed by atoms with Crippen molar-refractivity contribution in [3.8, 4) is 11.5 Å². The number of benzene rings is 1. The Labute approximate surface area is 140 Å². The molecule has 0 aliphatic carbocycles. The van der Waals surface area contributed by atoms with Gasteiger partial charge in [0, 0.05) is 0 Å². The van der Waals surface area contributed by atoms with E-state index in [1.54, 1.807) is 24.3 Å². The van der Waals surface area contributed by atoms with Crippen molar-refractivity contribution in [2.45, 2.75) is 0 Å². The van der Waals surface area contributed by atoms with Crippen molar-refractivity contribution in [1.29, 1.82) is 0 Å². The number of esters is 1. The van der Waals surface area contributed by atoms with Gasteiger partial charge in [0.2, 0.25) is 0 Å². The van der Waals surface area contributed by atoms with Gasteiger partial charge in [-0.25, -0.2) is 9.78 Å². The van der Waals surface area contributed by atoms with Crippen LogP contribution in [-0.2, 0) is 0 Å². The van der Waals surface area contributed by atoms with Gasteiger partial charge in [-0.2, -0.15) is 0 Å². The van der Waals surface area contributed by atoms with Gasteiger partial charge in [0.1, 0.15) is 5.15 Å². The van der Waals surface area contributed by atoms with E-state index in [1.807, 2.05) is 0 Å². The molecule has 0 aliphatic rings. The standard InChI is InChI=1S/C13H7Cl4NO3/c1-20-6-4-2-3-5-7(6)21-13(19)11-9(15)8(14)10(16)12(17)18-11/h2-5H,1H3. The molecule has 1 aromatic carbocycles. The zero-order chi connectivity index (χ0) is 15.6. The lowest BCUT2D eigenvalue weighted by Crippen LogP contribution is -2.12. The van der Waals surface area contributed by atoms with Crippen molar-refractivity contribution in [1.82, 2.24) is 4.98 Å². The van der Waals surface area contributed by atoms with Gasteiger partial charge in [-0.05, 0) is 12.1 Å². The van der Waals surface area contributed by atoms with Crippen LogP contribution in [0.1, 0.15) is 10.5 Å². The molecule has 0 saturated carbocycles. The topological polar surface area (TPSA) is 48.4 Å². The third-order valence-electron chi connectivity index (χ3n) is 2.45. The molecule has 0 fully saturated rings. The fourth-order valence-electron chi connectivity index (χ4n) is 1.47. The van der Waals surface area contributed by atoms with Gasteiger partial charge in [0.05, 0.1) is 22.2 Å². The molecule has 0 amide bonds. The first-order valence-corrected chi connectivity index (χ1v) is 7.02. The molecule has 21 heavy (non-hydrogen) atoms. The van der Waals surface area contributed by atoms with Crippen LogP contribution in [0.2, 0.25) is 20.2 Å². The van der Waals surface area contributed by atoms with E-state index in [9.17, 15) is 4.79 Å². The highest BCUT2D eigenvalue weighted by Crippen LogP contribution is 2.36. The molecule has 0 atom stereocenters. The van der Waals surface area contributed by atoms with Crippen LogP contribution in [0.3, 0.4) is 0 Å². The number of para-hydroxylation sites is 2. The second-order valence-electron chi connectivity index (χ2n) is 3.73. The Morgan fingerprint density at radius 1 is 1.00 bits per heavy atom. The molecule has 110 valence electrons. The smallest absolute Gasteiger partial charge is 0.364 e. The molecule has 0 spiro atoms. The Hall–Kier alpha value is -1.20. The van der Waals surface area contributed by atoms with Gasteiger partial charge in [-0.1, -0.05) is 58.5 Å². The maximum atomic E-state index is 12.1. The van der Waals surface area contributed by atoms with Crippen molar-refractivity contribution in [2.75, 3.05) is 7.11 Å². The summed E-state index contributed by atoms with van der Waals surface area (Å²) < 4.78 is 10.3. The van der Waals surface area contributed by atoms with Crippen LogP contribution in [0.4, 0.5) is 0 Å². The Morgan fingerprint density at radius 3 is 2.24 bits per heavy atom. The van der Waals surface area contributed by atoms with Crippen LogP contribution >= 0.6 is 46.4 Å². The second-order valence-corrected chi connectivity index (χ2v) is 5.23. The average molecular weight is 367 g/mol. The number of methoxy groups -OCH3 is 1. The van der Waals surface area contributed by atoms with Crippen molar-refractivity contribution in [3.63, 3.8) is 0 Å². The Balaban J connectivity index is 2.38. The van der Waals surface area contributed by atoms with Crippen LogP contribution in [0.15, 0.2) is 24.3 Å². The van der Waals surface area contributed by atoms with Crippen molar-refractivity contribution < 1.29 is 14.3 Å². The van der Waals surface area contributed by atoms with Gasteiger partial charge in [0.25, 0.3) is 0 Å². The normalized spacial score (nSPS) is 10.3. The monoisotopic (exact) mass is 365 g/mol. The summed E-state index contributed by atoms with van der Waals surface area (Å²) in [7, 11) is 1.45. The number of pyridine rings is 1. The molecule has 2 rings (SSSR count). The average Bonchev–Trinajstić information content (AvgIpc) is 2.49. The minimum atomic E-state index is -0.829. The van der Waals surface area contributed by atoms with Crippen molar-refractivity contribution in [3.05, 3.63) is 50.2 Å². The predicted octanol–water partition coefficient (Wildman–Crippen LogP) is 4.92. The SMILES string of the molecule is COc1ccccc1OC(=O)c1nc(Cl)c(Cl)c(Cl)c1Cl. The number of carbonyl (C=O) groups is 1. The molecule has 0 saturated heterocycles. The molecule has 8 heteroatoms. The zero-order valence-electron chi connectivity index (χ0n) is 10.5. The quantitative estimate of drug-likeness (QED) is 0.439. The summed E-state index contributed by atoms with van der Waals surface area (Å²) in [5, 5.41) is -0.369. The van der Waals surface area contributed by atoms with Crippen LogP contribution < -0.4 is 9.47 Å². The molecule has 0 radical (unpaired) electrons. The summed E-state index contributed by atoms with van der Waals surface area (Å²) in [4.78, 5) is 15.9. The maximum absolute atomic E-state index is 12.1. The number of nitrogens with zero attached hydrogens (tertiary/aromatic N) is 1. The van der Waals surface area contributed by atoms with Crippen LogP contribution in [0.5, 0.6) is 11.5 Å². The first-order valence-electron chi connectivity index (χ1n) is 5.51. The summed E-state index contributed by atoms with van der Waals surface area (Å²) in [6.07, 6.45) is 0. The van der Waals surface area contributed by atoms with E-state index in [4.69, 9.17) is 55.9 Å². The van der Waals surface area contributed by atoms with Crippen molar-refractivity contribution in [2.24, 2.45) is 0 Å². The summed E-state index contributed by atoms with van der Waals surface area (Å²) in [5.74, 6) is -0.233. The molecule has 2 aromatic rings. The molecule has 0 N–H and O–H groups in total. The van der Waals surface area contributed by atoms with Crippen LogP contribution in [-0.4, -0.2) is 18.1 Å². The Morgan fingerprint density at radius 2 is 1.62 bits per heavy atom. The zero-order valence-corrected chi connectivity index (χ0v) is 13.5. The minimum Gasteiger partial charge on any atom is -0.493 e. The molecular weight excluding hydrogens is 360 g/mol. The first kappa shape index (κ1) is 16.2. The summed E-state index contributed by atoms with van der Waals surface area (Å²) in [5.41, 5.74) is -0.234. The van der Waals surface area contributed by atoms with E-state index in [0.29, 0.717) is 5.75 Å². The Bertz CT molecular complexity index is 706. The van der Waals surface area contributed by atoms with Gasteiger partial charge < -0.3 is 9.47 Å². The summed E-state index contributed by atoms with van der Waals surface area (Å²) in [6, 6.07) is 6.61. The number of ether oxygens (including phenoxy) is 2. The van der Waals surface area contributed by atoms with Gasteiger partial charge in [-0.3, -0.25) is 0 Å². The fraction of sp³-hybridized carbons (Fsp3) is 0.0769. The lowest BCUT2D eigenvalue weighted by molar-refractivity contribution is 0.0724. The molecule has 0 unspecified atom stereocenters. The highest BCUT2D eigenvalue weighted by molar-refractivity contribution is 6.52. The second kappa shape index (κ2) is 6.71. The molecule has 0 aliphatic heterocycles. The molecule has 0 bridgehead atoms. The van der Waals surface area contributed by atoms with Crippen molar-refractivity contribution >= 4 is 52.4 Å². The summed E-state index contributed by atoms with van der Waals surface area (Å²) in [6.45, 7) is 0. The molecular formula is C13H7Cl4NO3. The first-order chi connectivity index (χ1) is 9.95. The molecule has 1 aromatic heterocycles. The number of aromatic nitrogens is 1. The van der Waals surface area contributed by atoms with E-state index in [-0.39, 0.29) is 31.7 Å². The molecule has 4 nitrogen and oxygen atoms in total. The third-order valence-corrected chi connectivity index (χ3v) is 4.13. The molecule has 1 heterocycles. The van der Waals surface area contributed by atoms with E-state index >= 15 is 0 Å². The number of hydrogen-bond donors (Lipinski definition) is 0. The largest absolute Gasteiger partial charge is 0.493 e. The van der Waals surface area contributed by atoms with Gasteiger partial charge >= 0.3 is 5.97 Å². The fourth-order valence-corrected chi connectivity index (χ4v) is 2.28. The van der Waals surface area contributed by atoms with E-state index in [0.717, 1.165) is 0 Å². The predicted molar refractivity (Wildman–Crippen MR) is 82.2 cm³/mol. The highest BCUT2D eigenvalue weighted by atomic mass is 35.5. The highest BCUT2D eigenvalue weighted by Gasteiger charge is 2.22. The van der Waals surface area contributed by atoms with Crippen LogP contribution in [0, 0.1) is 0 Å². The Kier molecular flexibility index (Phi) is 5.17. The number of halogens is 4. The van der Waals surface area contributed by atoms with E-state index in [1.165, 1.54) is 7.11 Å². The lowest BCUT2D eigenvalue weighted by atomic mass is 10.3. The number of carbonyl (C=O) groups excluding carboxylic acids is 1. The maximum Gasteiger partial charge on any atom is 0.364 e. The van der Waals surface area contributed by atoms with E-state index < -0.39 is 5.97 Å². The summed E-state index contributed by atoms with van der Waals surface area (Å²) >= 11 is 23.4. The third kappa shape index (κ3) is 3.35. The number of hydrogen-bond acceptors (Lipinski definition) is 4. The lowest BCUT2D eigenvalue weighted by Gasteiger charge is -2.10. The van der Waals surface area contributed by atoms with E-state index in [2.05, 4.69) is 4.98 Å². The number of rotatable bonds is 3. The van der Waals surface area contributed by atoms with Gasteiger partial charge in [0.15, 0.2) is 17.2 Å². The minimum absolute atomic E-state index is 0.0304. The van der Waals surface area contributed by atoms with Gasteiger partial charge in [-0.15, -0.1) is 0 Å². The van der Waals surface area contributed by atoms with Crippen LogP contribution in [0.25, 0.3) is 0 Å².